The van der Waals surface area contributed by atoms with Crippen molar-refractivity contribution < 1.29 is 9.53 Å². The van der Waals surface area contributed by atoms with Crippen LogP contribution in [-0.4, -0.2) is 24.2 Å². The summed E-state index contributed by atoms with van der Waals surface area (Å²) in [5.74, 6) is 0.422. The molecule has 0 aliphatic rings. The van der Waals surface area contributed by atoms with Crippen molar-refractivity contribution in [2.24, 2.45) is 5.92 Å². The van der Waals surface area contributed by atoms with Gasteiger partial charge in [-0.05, 0) is 30.5 Å². The van der Waals surface area contributed by atoms with Gasteiger partial charge in [0.05, 0.1) is 7.11 Å². The van der Waals surface area contributed by atoms with Crippen LogP contribution in [0.3, 0.4) is 0 Å². The number of hydrogen-bond acceptors (Lipinski definition) is 3. The highest BCUT2D eigenvalue weighted by Gasteiger charge is 2.15. The van der Waals surface area contributed by atoms with Gasteiger partial charge in [0.1, 0.15) is 0 Å². The van der Waals surface area contributed by atoms with Crippen LogP contribution in [0.5, 0.6) is 0 Å². The molecule has 4 heteroatoms. The zero-order valence-corrected chi connectivity index (χ0v) is 12.5. The molecule has 19 heavy (non-hydrogen) atoms. The van der Waals surface area contributed by atoms with Gasteiger partial charge in [-0.15, -0.1) is 0 Å². The molecule has 0 spiro atoms. The first kappa shape index (κ1) is 15.8. The number of carbonyl (C=O) groups excluding carboxylic acids is 1. The summed E-state index contributed by atoms with van der Waals surface area (Å²) in [7, 11) is 1.43. The standard InChI is InChI=1S/C15H26N2O2/c1-5-16-15(12(2)3)13-8-10-17(11-13)9-6-7-14(18)19-4/h8,10-12,15-16H,5-7,9H2,1-4H3. The molecule has 1 rings (SSSR count). The molecular formula is C15H26N2O2. The van der Waals surface area contributed by atoms with E-state index in [0.29, 0.717) is 18.4 Å². The van der Waals surface area contributed by atoms with Crippen molar-refractivity contribution in [3.8, 4) is 0 Å². The van der Waals surface area contributed by atoms with E-state index in [2.05, 4.69) is 53.9 Å². The zero-order chi connectivity index (χ0) is 14.3. The topological polar surface area (TPSA) is 43.3 Å². The quantitative estimate of drug-likeness (QED) is 0.736. The van der Waals surface area contributed by atoms with Crippen molar-refractivity contribution in [2.75, 3.05) is 13.7 Å². The van der Waals surface area contributed by atoms with Gasteiger partial charge in [0, 0.05) is 31.4 Å². The fourth-order valence-corrected chi connectivity index (χ4v) is 2.25. The van der Waals surface area contributed by atoms with Crippen LogP contribution in [-0.2, 0) is 16.1 Å². The second kappa shape index (κ2) is 8.00. The average molecular weight is 266 g/mol. The first-order valence-corrected chi connectivity index (χ1v) is 7.04. The predicted octanol–water partition coefficient (Wildman–Crippen LogP) is 2.75. The molecular weight excluding hydrogens is 240 g/mol. The largest absolute Gasteiger partial charge is 0.469 e. The van der Waals surface area contributed by atoms with Gasteiger partial charge in [-0.25, -0.2) is 0 Å². The predicted molar refractivity (Wildman–Crippen MR) is 76.9 cm³/mol. The molecule has 4 nitrogen and oxygen atoms in total. The fraction of sp³-hybridized carbons (Fsp3) is 0.667. The van der Waals surface area contributed by atoms with E-state index in [-0.39, 0.29) is 5.97 Å². The number of aromatic nitrogens is 1. The van der Waals surface area contributed by atoms with Gasteiger partial charge in [-0.1, -0.05) is 20.8 Å². The van der Waals surface area contributed by atoms with Crippen LogP contribution in [0, 0.1) is 5.92 Å². The van der Waals surface area contributed by atoms with E-state index in [1.807, 2.05) is 0 Å². The number of nitrogens with one attached hydrogen (secondary N) is 1. The van der Waals surface area contributed by atoms with E-state index in [0.717, 1.165) is 19.5 Å². The summed E-state index contributed by atoms with van der Waals surface area (Å²) in [5, 5.41) is 3.51. The van der Waals surface area contributed by atoms with Gasteiger partial charge in [-0.3, -0.25) is 4.79 Å². The molecule has 0 bridgehead atoms. The monoisotopic (exact) mass is 266 g/mol. The summed E-state index contributed by atoms with van der Waals surface area (Å²) in [6, 6.07) is 2.55. The van der Waals surface area contributed by atoms with Gasteiger partial charge < -0.3 is 14.6 Å². The van der Waals surface area contributed by atoms with Crippen molar-refractivity contribution in [2.45, 2.75) is 46.2 Å². The highest BCUT2D eigenvalue weighted by molar-refractivity contribution is 5.68. The number of aryl methyl sites for hydroxylation is 1. The van der Waals surface area contributed by atoms with Gasteiger partial charge in [-0.2, -0.15) is 0 Å². The molecule has 0 radical (unpaired) electrons. The maximum atomic E-state index is 11.0. The maximum absolute atomic E-state index is 11.0. The van der Waals surface area contributed by atoms with Crippen LogP contribution in [0.15, 0.2) is 18.5 Å². The summed E-state index contributed by atoms with van der Waals surface area (Å²) in [6.45, 7) is 8.40. The molecule has 108 valence electrons. The van der Waals surface area contributed by atoms with Gasteiger partial charge in [0.25, 0.3) is 0 Å². The molecule has 0 aliphatic heterocycles. The molecule has 1 unspecified atom stereocenters. The Morgan fingerprint density at radius 3 is 2.79 bits per heavy atom. The van der Waals surface area contributed by atoms with E-state index in [1.165, 1.54) is 12.7 Å². The molecule has 0 amide bonds. The van der Waals surface area contributed by atoms with Gasteiger partial charge in [0.15, 0.2) is 0 Å². The van der Waals surface area contributed by atoms with Crippen LogP contribution in [0.4, 0.5) is 0 Å². The summed E-state index contributed by atoms with van der Waals surface area (Å²) in [5.41, 5.74) is 1.31. The second-order valence-corrected chi connectivity index (χ2v) is 5.14. The lowest BCUT2D eigenvalue weighted by Gasteiger charge is -2.20. The molecule has 1 aromatic rings. The molecule has 0 aromatic carbocycles. The third-order valence-electron chi connectivity index (χ3n) is 3.25. The molecule has 0 aliphatic carbocycles. The highest BCUT2D eigenvalue weighted by atomic mass is 16.5. The minimum absolute atomic E-state index is 0.139. The molecule has 1 aromatic heterocycles. The smallest absolute Gasteiger partial charge is 0.305 e. The van der Waals surface area contributed by atoms with Crippen LogP contribution in [0.25, 0.3) is 0 Å². The maximum Gasteiger partial charge on any atom is 0.305 e. The van der Waals surface area contributed by atoms with Gasteiger partial charge >= 0.3 is 5.97 Å². The molecule has 0 saturated heterocycles. The zero-order valence-electron chi connectivity index (χ0n) is 12.5. The number of esters is 1. The molecule has 0 saturated carbocycles. The summed E-state index contributed by atoms with van der Waals surface area (Å²) < 4.78 is 6.78. The number of carbonyl (C=O) groups is 1. The van der Waals surface area contributed by atoms with Crippen molar-refractivity contribution in [3.63, 3.8) is 0 Å². The third-order valence-corrected chi connectivity index (χ3v) is 3.25. The van der Waals surface area contributed by atoms with Crippen LogP contribution >= 0.6 is 0 Å². The van der Waals surface area contributed by atoms with E-state index in [4.69, 9.17) is 0 Å². The van der Waals surface area contributed by atoms with Crippen molar-refractivity contribution >= 4 is 5.97 Å². The summed E-state index contributed by atoms with van der Waals surface area (Å²) >= 11 is 0. The Hall–Kier alpha value is -1.29. The van der Waals surface area contributed by atoms with E-state index >= 15 is 0 Å². The lowest BCUT2D eigenvalue weighted by molar-refractivity contribution is -0.140. The SMILES string of the molecule is CCNC(c1ccn(CCCC(=O)OC)c1)C(C)C. The number of ether oxygens (including phenoxy) is 1. The fourth-order valence-electron chi connectivity index (χ4n) is 2.25. The Balaban J connectivity index is 2.53. The minimum atomic E-state index is -0.139. The Kier molecular flexibility index (Phi) is 6.64. The van der Waals surface area contributed by atoms with Crippen LogP contribution < -0.4 is 5.32 Å². The van der Waals surface area contributed by atoms with Crippen LogP contribution in [0.1, 0.15) is 45.2 Å². The second-order valence-electron chi connectivity index (χ2n) is 5.14. The lowest BCUT2D eigenvalue weighted by atomic mass is 9.98. The first-order chi connectivity index (χ1) is 9.08. The van der Waals surface area contributed by atoms with Gasteiger partial charge in [0.2, 0.25) is 0 Å². The lowest BCUT2D eigenvalue weighted by Crippen LogP contribution is -2.25. The van der Waals surface area contributed by atoms with Crippen LogP contribution in [0.2, 0.25) is 0 Å². The number of nitrogens with zero attached hydrogens (tertiary/aromatic N) is 1. The number of rotatable bonds is 8. The molecule has 1 heterocycles. The average Bonchev–Trinajstić information content (AvgIpc) is 2.83. The third kappa shape index (κ3) is 5.07. The Morgan fingerprint density at radius 1 is 1.47 bits per heavy atom. The number of hydrogen-bond donors (Lipinski definition) is 1. The van der Waals surface area contributed by atoms with Crippen molar-refractivity contribution in [1.29, 1.82) is 0 Å². The van der Waals surface area contributed by atoms with Crippen molar-refractivity contribution in [3.05, 3.63) is 24.0 Å². The van der Waals surface area contributed by atoms with E-state index in [1.54, 1.807) is 0 Å². The van der Waals surface area contributed by atoms with Crippen molar-refractivity contribution in [1.82, 2.24) is 9.88 Å². The van der Waals surface area contributed by atoms with E-state index < -0.39 is 0 Å². The van der Waals surface area contributed by atoms with E-state index in [9.17, 15) is 4.79 Å². The summed E-state index contributed by atoms with van der Waals surface area (Å²) in [4.78, 5) is 11.0. The summed E-state index contributed by atoms with van der Waals surface area (Å²) in [6.07, 6.45) is 5.54. The Bertz CT molecular complexity index is 385. The number of methoxy groups -OCH3 is 1. The highest BCUT2D eigenvalue weighted by Crippen LogP contribution is 2.21. The normalized spacial score (nSPS) is 12.7. The Labute approximate surface area is 116 Å². The molecule has 0 fully saturated rings. The first-order valence-electron chi connectivity index (χ1n) is 7.04. The molecule has 1 atom stereocenters. The molecule has 1 N–H and O–H groups in total. The Morgan fingerprint density at radius 2 is 2.21 bits per heavy atom. The minimum Gasteiger partial charge on any atom is -0.469 e.